The van der Waals surface area contributed by atoms with Gasteiger partial charge in [0.2, 0.25) is 0 Å². The van der Waals surface area contributed by atoms with Crippen molar-refractivity contribution in [2.75, 3.05) is 0 Å². The van der Waals surface area contributed by atoms with Crippen LogP contribution in [-0.4, -0.2) is 0 Å². The molecule has 0 amide bonds. The fourth-order valence-electron chi connectivity index (χ4n) is 1.95. The molecule has 1 atom stereocenters. The molecule has 0 spiro atoms. The zero-order chi connectivity index (χ0) is 13.1. The molecule has 2 aromatic carbocycles. The Labute approximate surface area is 120 Å². The first-order valence-electron chi connectivity index (χ1n) is 5.59. The molecule has 0 bridgehead atoms. The second kappa shape index (κ2) is 5.85. The highest BCUT2D eigenvalue weighted by Gasteiger charge is 2.15. The molecule has 0 radical (unpaired) electrons. The molecule has 0 heterocycles. The van der Waals surface area contributed by atoms with Gasteiger partial charge in [-0.1, -0.05) is 63.4 Å². The van der Waals surface area contributed by atoms with Gasteiger partial charge >= 0.3 is 0 Å². The second-order valence-corrected chi connectivity index (χ2v) is 5.47. The highest BCUT2D eigenvalue weighted by Crippen LogP contribution is 2.30. The Morgan fingerprint density at radius 2 is 2.00 bits per heavy atom. The summed E-state index contributed by atoms with van der Waals surface area (Å²) in [6, 6.07) is 13.9. The monoisotopic (exact) mass is 324 g/mol. The number of benzene rings is 2. The van der Waals surface area contributed by atoms with Crippen molar-refractivity contribution in [2.45, 2.75) is 13.0 Å². The summed E-state index contributed by atoms with van der Waals surface area (Å²) in [5.74, 6) is 5.69. The average molecular weight is 326 g/mol. The van der Waals surface area contributed by atoms with Gasteiger partial charge in [0.25, 0.3) is 0 Å². The first-order chi connectivity index (χ1) is 8.61. The normalized spacial score (nSPS) is 12.4. The molecule has 1 unspecified atom stereocenters. The van der Waals surface area contributed by atoms with E-state index in [1.165, 1.54) is 5.56 Å². The van der Waals surface area contributed by atoms with Crippen molar-refractivity contribution in [3.63, 3.8) is 0 Å². The Balaban J connectivity index is 2.45. The van der Waals surface area contributed by atoms with Gasteiger partial charge < -0.3 is 0 Å². The number of nitrogens with two attached hydrogens (primary N) is 1. The van der Waals surface area contributed by atoms with E-state index in [-0.39, 0.29) is 6.04 Å². The molecule has 0 aliphatic heterocycles. The van der Waals surface area contributed by atoms with E-state index in [9.17, 15) is 0 Å². The molecule has 0 fully saturated rings. The van der Waals surface area contributed by atoms with E-state index in [1.807, 2.05) is 24.3 Å². The lowest BCUT2D eigenvalue weighted by atomic mass is 9.98. The van der Waals surface area contributed by atoms with E-state index < -0.39 is 0 Å². The second-order valence-electron chi connectivity index (χ2n) is 4.18. The van der Waals surface area contributed by atoms with Crippen LogP contribution >= 0.6 is 27.5 Å². The van der Waals surface area contributed by atoms with Crippen LogP contribution in [0.25, 0.3) is 0 Å². The van der Waals surface area contributed by atoms with Crippen LogP contribution < -0.4 is 11.3 Å². The minimum Gasteiger partial charge on any atom is -0.271 e. The number of nitrogens with one attached hydrogen (secondary N) is 1. The van der Waals surface area contributed by atoms with E-state index in [1.54, 1.807) is 0 Å². The summed E-state index contributed by atoms with van der Waals surface area (Å²) in [6.45, 7) is 2.06. The molecule has 0 saturated heterocycles. The Hall–Kier alpha value is -0.870. The van der Waals surface area contributed by atoms with Gasteiger partial charge in [-0.05, 0) is 30.2 Å². The van der Waals surface area contributed by atoms with Crippen molar-refractivity contribution in [1.82, 2.24) is 5.43 Å². The van der Waals surface area contributed by atoms with Gasteiger partial charge in [-0.25, -0.2) is 5.43 Å². The van der Waals surface area contributed by atoms with Crippen LogP contribution in [0.2, 0.25) is 5.02 Å². The number of halogens is 2. The van der Waals surface area contributed by atoms with Crippen molar-refractivity contribution in [2.24, 2.45) is 5.84 Å². The lowest BCUT2D eigenvalue weighted by molar-refractivity contribution is 0.634. The Morgan fingerprint density at radius 1 is 1.22 bits per heavy atom. The van der Waals surface area contributed by atoms with Gasteiger partial charge in [0.1, 0.15) is 0 Å². The first-order valence-corrected chi connectivity index (χ1v) is 6.76. The highest BCUT2D eigenvalue weighted by atomic mass is 79.9. The number of hydrogen-bond acceptors (Lipinski definition) is 2. The maximum Gasteiger partial charge on any atom is 0.0721 e. The minimum atomic E-state index is -0.0588. The number of rotatable bonds is 3. The fourth-order valence-corrected chi connectivity index (χ4v) is 2.86. The predicted molar refractivity (Wildman–Crippen MR) is 79.5 cm³/mol. The third kappa shape index (κ3) is 2.93. The van der Waals surface area contributed by atoms with Crippen molar-refractivity contribution >= 4 is 27.5 Å². The van der Waals surface area contributed by atoms with E-state index in [0.717, 1.165) is 15.6 Å². The molecule has 2 nitrogen and oxygen atoms in total. The molecule has 3 N–H and O–H groups in total. The largest absolute Gasteiger partial charge is 0.271 e. The van der Waals surface area contributed by atoms with Gasteiger partial charge in [0.05, 0.1) is 6.04 Å². The Morgan fingerprint density at radius 3 is 2.61 bits per heavy atom. The molecule has 18 heavy (non-hydrogen) atoms. The van der Waals surface area contributed by atoms with Crippen LogP contribution in [0, 0.1) is 6.92 Å². The lowest BCUT2D eigenvalue weighted by Crippen LogP contribution is -2.29. The van der Waals surface area contributed by atoms with Gasteiger partial charge in [-0.2, -0.15) is 0 Å². The third-order valence-electron chi connectivity index (χ3n) is 2.82. The molecule has 0 aliphatic carbocycles. The third-order valence-corrected chi connectivity index (χ3v) is 3.74. The lowest BCUT2D eigenvalue weighted by Gasteiger charge is -2.19. The summed E-state index contributed by atoms with van der Waals surface area (Å²) >= 11 is 9.48. The number of hydrazine groups is 1. The zero-order valence-electron chi connectivity index (χ0n) is 9.95. The molecule has 4 heteroatoms. The van der Waals surface area contributed by atoms with Crippen molar-refractivity contribution in [3.05, 3.63) is 68.7 Å². The topological polar surface area (TPSA) is 38.0 Å². The predicted octanol–water partition coefficient (Wildman–Crippen LogP) is 3.96. The van der Waals surface area contributed by atoms with Crippen LogP contribution in [0.4, 0.5) is 0 Å². The number of hydrogen-bond donors (Lipinski definition) is 2. The van der Waals surface area contributed by atoms with Crippen molar-refractivity contribution in [3.8, 4) is 0 Å². The molecule has 94 valence electrons. The van der Waals surface area contributed by atoms with Crippen LogP contribution in [0.15, 0.2) is 46.9 Å². The molecule has 2 rings (SSSR count). The summed E-state index contributed by atoms with van der Waals surface area (Å²) in [7, 11) is 0. The van der Waals surface area contributed by atoms with Crippen molar-refractivity contribution < 1.29 is 0 Å². The zero-order valence-corrected chi connectivity index (χ0v) is 12.3. The summed E-state index contributed by atoms with van der Waals surface area (Å²) in [5, 5.41) is 0.700. The van der Waals surface area contributed by atoms with Gasteiger partial charge in [-0.3, -0.25) is 5.84 Å². The summed E-state index contributed by atoms with van der Waals surface area (Å²) in [5.41, 5.74) is 6.24. The molecular weight excluding hydrogens is 312 g/mol. The fraction of sp³-hybridized carbons (Fsp3) is 0.143. The first kappa shape index (κ1) is 13.6. The summed E-state index contributed by atoms with van der Waals surface area (Å²) < 4.78 is 0.944. The van der Waals surface area contributed by atoms with E-state index in [2.05, 4.69) is 46.5 Å². The van der Waals surface area contributed by atoms with Gasteiger partial charge in [0, 0.05) is 9.50 Å². The maximum absolute atomic E-state index is 5.95. The van der Waals surface area contributed by atoms with Crippen LogP contribution in [0.1, 0.15) is 22.7 Å². The molecule has 0 aromatic heterocycles. The summed E-state index contributed by atoms with van der Waals surface area (Å²) in [4.78, 5) is 0. The molecular formula is C14H14BrClN2. The van der Waals surface area contributed by atoms with Crippen molar-refractivity contribution in [1.29, 1.82) is 0 Å². The van der Waals surface area contributed by atoms with Gasteiger partial charge in [-0.15, -0.1) is 0 Å². The molecule has 0 saturated carbocycles. The van der Waals surface area contributed by atoms with Crippen LogP contribution in [0.3, 0.4) is 0 Å². The quantitative estimate of drug-likeness (QED) is 0.662. The highest BCUT2D eigenvalue weighted by molar-refractivity contribution is 9.10. The Bertz CT molecular complexity index is 557. The van der Waals surface area contributed by atoms with Crippen LogP contribution in [-0.2, 0) is 0 Å². The molecule has 2 aromatic rings. The number of aryl methyl sites for hydroxylation is 1. The van der Waals surface area contributed by atoms with E-state index in [0.29, 0.717) is 5.02 Å². The minimum absolute atomic E-state index is 0.0588. The SMILES string of the molecule is Cc1cccc(C(NN)c2ccc(Cl)cc2Br)c1. The van der Waals surface area contributed by atoms with Crippen LogP contribution in [0.5, 0.6) is 0 Å². The average Bonchev–Trinajstić information content (AvgIpc) is 2.33. The Kier molecular flexibility index (Phi) is 4.40. The van der Waals surface area contributed by atoms with E-state index in [4.69, 9.17) is 17.4 Å². The standard InChI is InChI=1S/C14H14BrClN2/c1-9-3-2-4-10(7-9)14(18-17)12-6-5-11(16)8-13(12)15/h2-8,14,18H,17H2,1H3. The summed E-state index contributed by atoms with van der Waals surface area (Å²) in [6.07, 6.45) is 0. The molecule has 0 aliphatic rings. The van der Waals surface area contributed by atoms with Gasteiger partial charge in [0.15, 0.2) is 0 Å². The maximum atomic E-state index is 5.95. The van der Waals surface area contributed by atoms with E-state index >= 15 is 0 Å². The smallest absolute Gasteiger partial charge is 0.0721 e.